The average Bonchev–Trinajstić information content (AvgIpc) is 3.12. The number of rotatable bonds is 4. The lowest BCUT2D eigenvalue weighted by molar-refractivity contribution is 0.628. The molecule has 8 heteroatoms. The number of nitrogens with zero attached hydrogens (tertiary/aromatic N) is 5. The van der Waals surface area contributed by atoms with Gasteiger partial charge in [-0.05, 0) is 45.0 Å². The SMILES string of the molecule is CC.N#Cc1ncc(-c2ccc(F)cc2)cc1-c1cn(CSI)nn1. The number of hydrogen-bond donors (Lipinski definition) is 0. The van der Waals surface area contributed by atoms with Crippen LogP contribution in [0.25, 0.3) is 22.4 Å². The van der Waals surface area contributed by atoms with Gasteiger partial charge < -0.3 is 0 Å². The molecule has 0 radical (unpaired) electrons. The van der Waals surface area contributed by atoms with Crippen molar-refractivity contribution in [2.75, 3.05) is 0 Å². The zero-order valence-corrected chi connectivity index (χ0v) is 16.6. The Morgan fingerprint density at radius 1 is 1.24 bits per heavy atom. The van der Waals surface area contributed by atoms with Crippen LogP contribution >= 0.6 is 30.1 Å². The molecule has 0 N–H and O–H groups in total. The predicted molar refractivity (Wildman–Crippen MR) is 106 cm³/mol. The summed E-state index contributed by atoms with van der Waals surface area (Å²) in [6.07, 6.45) is 3.37. The molecule has 128 valence electrons. The van der Waals surface area contributed by atoms with Crippen LogP contribution < -0.4 is 0 Å². The highest BCUT2D eigenvalue weighted by atomic mass is 127. The summed E-state index contributed by atoms with van der Waals surface area (Å²) >= 11 is 2.18. The molecule has 1 aromatic carbocycles. The molecule has 3 rings (SSSR count). The average molecular weight is 467 g/mol. The molecule has 0 atom stereocenters. The first-order chi connectivity index (χ1) is 12.2. The summed E-state index contributed by atoms with van der Waals surface area (Å²) in [7, 11) is 1.59. The molecule has 25 heavy (non-hydrogen) atoms. The number of aromatic nitrogens is 4. The van der Waals surface area contributed by atoms with Crippen LogP contribution in [0.4, 0.5) is 4.39 Å². The van der Waals surface area contributed by atoms with E-state index in [0.29, 0.717) is 17.1 Å². The van der Waals surface area contributed by atoms with E-state index < -0.39 is 0 Å². The van der Waals surface area contributed by atoms with Crippen LogP contribution in [-0.2, 0) is 5.88 Å². The van der Waals surface area contributed by atoms with Gasteiger partial charge in [0.25, 0.3) is 0 Å². The van der Waals surface area contributed by atoms with Crippen LogP contribution in [0.2, 0.25) is 0 Å². The van der Waals surface area contributed by atoms with Gasteiger partial charge in [0, 0.05) is 17.3 Å². The highest BCUT2D eigenvalue weighted by molar-refractivity contribution is 14.2. The molecule has 0 bridgehead atoms. The monoisotopic (exact) mass is 467 g/mol. The van der Waals surface area contributed by atoms with Crippen LogP contribution in [0, 0.1) is 17.1 Å². The minimum atomic E-state index is -0.296. The summed E-state index contributed by atoms with van der Waals surface area (Å²) in [5.74, 6) is 0.371. The van der Waals surface area contributed by atoms with E-state index in [9.17, 15) is 9.65 Å². The van der Waals surface area contributed by atoms with Crippen LogP contribution in [0.15, 0.2) is 42.7 Å². The largest absolute Gasteiger partial charge is 0.244 e. The van der Waals surface area contributed by atoms with Crippen molar-refractivity contribution >= 4 is 30.1 Å². The second-order valence-electron chi connectivity index (χ2n) is 4.62. The Bertz CT molecular complexity index is 873. The van der Waals surface area contributed by atoms with E-state index in [1.807, 2.05) is 19.9 Å². The highest BCUT2D eigenvalue weighted by Crippen LogP contribution is 2.27. The first kappa shape index (κ1) is 19.3. The van der Waals surface area contributed by atoms with Crippen molar-refractivity contribution in [2.24, 2.45) is 0 Å². The third kappa shape index (κ3) is 4.76. The molecular weight excluding hydrogens is 452 g/mol. The molecule has 0 fully saturated rings. The molecule has 0 aliphatic carbocycles. The van der Waals surface area contributed by atoms with E-state index in [-0.39, 0.29) is 11.5 Å². The van der Waals surface area contributed by atoms with Gasteiger partial charge in [-0.25, -0.2) is 14.1 Å². The van der Waals surface area contributed by atoms with Crippen molar-refractivity contribution in [3.8, 4) is 28.5 Å². The van der Waals surface area contributed by atoms with E-state index in [4.69, 9.17) is 0 Å². The van der Waals surface area contributed by atoms with Crippen molar-refractivity contribution in [3.05, 3.63) is 54.2 Å². The maximum atomic E-state index is 13.1. The first-order valence-corrected chi connectivity index (χ1v) is 11.0. The maximum absolute atomic E-state index is 13.1. The smallest absolute Gasteiger partial charge is 0.149 e. The van der Waals surface area contributed by atoms with Crippen molar-refractivity contribution in [1.29, 1.82) is 5.26 Å². The number of halogens is 2. The fraction of sp³-hybridized carbons (Fsp3) is 0.176. The lowest BCUT2D eigenvalue weighted by Gasteiger charge is -2.05. The highest BCUT2D eigenvalue weighted by Gasteiger charge is 2.12. The molecule has 2 heterocycles. The second-order valence-corrected chi connectivity index (χ2v) is 6.97. The summed E-state index contributed by atoms with van der Waals surface area (Å²) in [6, 6.07) is 10.0. The molecule has 0 spiro atoms. The lowest BCUT2D eigenvalue weighted by atomic mass is 10.0. The molecule has 3 aromatic rings. The molecule has 2 aromatic heterocycles. The van der Waals surface area contributed by atoms with Crippen LogP contribution in [0.5, 0.6) is 0 Å². The fourth-order valence-corrected chi connectivity index (χ4v) is 3.17. The summed E-state index contributed by atoms with van der Waals surface area (Å²) in [6.45, 7) is 4.00. The molecule has 0 saturated carbocycles. The number of nitriles is 1. The predicted octanol–water partition coefficient (Wildman–Crippen LogP) is 5.08. The second kappa shape index (κ2) is 9.48. The van der Waals surface area contributed by atoms with Gasteiger partial charge in [-0.2, -0.15) is 5.26 Å². The van der Waals surface area contributed by atoms with Crippen molar-refractivity contribution < 1.29 is 4.39 Å². The Balaban J connectivity index is 0.00000109. The minimum absolute atomic E-state index is 0.282. The van der Waals surface area contributed by atoms with Crippen LogP contribution in [0.1, 0.15) is 19.5 Å². The van der Waals surface area contributed by atoms with E-state index >= 15 is 0 Å². The third-order valence-corrected chi connectivity index (χ3v) is 4.36. The van der Waals surface area contributed by atoms with E-state index in [1.165, 1.54) is 12.1 Å². The lowest BCUT2D eigenvalue weighted by Crippen LogP contribution is -1.92. The zero-order chi connectivity index (χ0) is 18.2. The maximum Gasteiger partial charge on any atom is 0.149 e. The Hall–Kier alpha value is -1.99. The van der Waals surface area contributed by atoms with E-state index in [2.05, 4.69) is 42.6 Å². The summed E-state index contributed by atoms with van der Waals surface area (Å²) in [5.41, 5.74) is 3.09. The van der Waals surface area contributed by atoms with Crippen LogP contribution in [-0.4, -0.2) is 20.0 Å². The van der Waals surface area contributed by atoms with Gasteiger partial charge in [-0.3, -0.25) is 0 Å². The Morgan fingerprint density at radius 2 is 1.96 bits per heavy atom. The van der Waals surface area contributed by atoms with Crippen LogP contribution in [0.3, 0.4) is 0 Å². The zero-order valence-electron chi connectivity index (χ0n) is 13.6. The molecular formula is C17H15FIN5S. The van der Waals surface area contributed by atoms with Gasteiger partial charge in [0.05, 0.1) is 12.1 Å². The van der Waals surface area contributed by atoms with E-state index in [0.717, 1.165) is 11.1 Å². The summed E-state index contributed by atoms with van der Waals surface area (Å²) in [5, 5.41) is 17.4. The molecule has 5 nitrogen and oxygen atoms in total. The Labute approximate surface area is 161 Å². The van der Waals surface area contributed by atoms with Gasteiger partial charge in [-0.15, -0.1) is 5.10 Å². The summed E-state index contributed by atoms with van der Waals surface area (Å²) in [4.78, 5) is 4.19. The summed E-state index contributed by atoms with van der Waals surface area (Å²) < 4.78 is 14.8. The van der Waals surface area contributed by atoms with Gasteiger partial charge in [0.1, 0.15) is 23.3 Å². The Morgan fingerprint density at radius 3 is 2.60 bits per heavy atom. The third-order valence-electron chi connectivity index (χ3n) is 3.17. The standard InChI is InChI=1S/C15H9FIN5S.C2H6/c16-12-3-1-10(2-4-12)11-5-13(14(6-18)19-7-11)15-8-22(9-23-17)21-20-15;1-2/h1-5,7-8H,9H2;1-2H3. The molecule has 0 saturated heterocycles. The molecule has 0 aliphatic rings. The van der Waals surface area contributed by atoms with Crippen molar-refractivity contribution in [2.45, 2.75) is 19.7 Å². The van der Waals surface area contributed by atoms with Crippen molar-refractivity contribution in [1.82, 2.24) is 20.0 Å². The molecule has 0 unspecified atom stereocenters. The van der Waals surface area contributed by atoms with Gasteiger partial charge in [0.2, 0.25) is 0 Å². The molecule has 0 aliphatic heterocycles. The number of hydrogen-bond acceptors (Lipinski definition) is 5. The van der Waals surface area contributed by atoms with Crippen molar-refractivity contribution in [3.63, 3.8) is 0 Å². The van der Waals surface area contributed by atoms with Gasteiger partial charge in [-0.1, -0.05) is 40.1 Å². The van der Waals surface area contributed by atoms with E-state index in [1.54, 1.807) is 38.1 Å². The normalized spacial score (nSPS) is 9.88. The number of pyridine rings is 1. The van der Waals surface area contributed by atoms with Gasteiger partial charge >= 0.3 is 0 Å². The Kier molecular flexibility index (Phi) is 7.33. The van der Waals surface area contributed by atoms with Gasteiger partial charge in [0.15, 0.2) is 0 Å². The molecule has 0 amide bonds. The fourth-order valence-electron chi connectivity index (χ4n) is 2.08. The first-order valence-electron chi connectivity index (χ1n) is 7.51. The number of benzene rings is 1. The topological polar surface area (TPSA) is 67.4 Å². The minimum Gasteiger partial charge on any atom is -0.244 e. The quantitative estimate of drug-likeness (QED) is 0.501.